The van der Waals surface area contributed by atoms with Crippen LogP contribution < -0.4 is 0 Å². The molecule has 115 valence electrons. The number of aryl methyl sites for hydroxylation is 2. The molecule has 0 aromatic heterocycles. The Hall–Kier alpha value is -1.87. The number of rotatable bonds is 6. The third-order valence-corrected chi connectivity index (χ3v) is 4.13. The molecule has 2 aromatic carbocycles. The van der Waals surface area contributed by atoms with Crippen LogP contribution in [0.25, 0.3) is 0 Å². The number of amides is 1. The third-order valence-electron chi connectivity index (χ3n) is 3.87. The number of hydrogen-bond acceptors (Lipinski definition) is 1. The van der Waals surface area contributed by atoms with Gasteiger partial charge in [-0.25, -0.2) is 0 Å². The van der Waals surface area contributed by atoms with Gasteiger partial charge < -0.3 is 4.90 Å². The largest absolute Gasteiger partial charge is 0.321 e. The molecule has 0 saturated heterocycles. The summed E-state index contributed by atoms with van der Waals surface area (Å²) in [5.74, 6) is 0. The van der Waals surface area contributed by atoms with Gasteiger partial charge in [-0.05, 0) is 47.7 Å². The quantitative estimate of drug-likeness (QED) is 0.724. The molecule has 0 aliphatic rings. The Morgan fingerprint density at radius 2 is 1.09 bits per heavy atom. The van der Waals surface area contributed by atoms with Crippen LogP contribution in [0, 0.1) is 0 Å². The highest BCUT2D eigenvalue weighted by Crippen LogP contribution is 2.14. The molecule has 0 aliphatic carbocycles. The average Bonchev–Trinajstić information content (AvgIpc) is 2.55. The minimum Gasteiger partial charge on any atom is -0.321 e. The fraction of sp³-hybridized carbons (Fsp3) is 0.316. The van der Waals surface area contributed by atoms with Gasteiger partial charge in [-0.15, -0.1) is 0 Å². The molecule has 0 aliphatic heterocycles. The maximum atomic E-state index is 11.7. The second-order valence-corrected chi connectivity index (χ2v) is 5.81. The normalized spacial score (nSPS) is 10.5. The Morgan fingerprint density at radius 1 is 0.773 bits per heavy atom. The van der Waals surface area contributed by atoms with E-state index >= 15 is 0 Å². The molecule has 0 N–H and O–H groups in total. The van der Waals surface area contributed by atoms with E-state index in [1.54, 1.807) is 4.90 Å². The van der Waals surface area contributed by atoms with Crippen LogP contribution in [0.2, 0.25) is 0 Å². The van der Waals surface area contributed by atoms with Crippen molar-refractivity contribution in [1.82, 2.24) is 4.90 Å². The summed E-state index contributed by atoms with van der Waals surface area (Å²) in [6.07, 6.45) is 2.04. The van der Waals surface area contributed by atoms with Gasteiger partial charge in [-0.2, -0.15) is 0 Å². The van der Waals surface area contributed by atoms with Gasteiger partial charge in [0.2, 0.25) is 0 Å². The molecule has 0 unspecified atom stereocenters. The third kappa shape index (κ3) is 4.57. The Bertz CT molecular complexity index is 555. The molecule has 0 fully saturated rings. The Labute approximate surface area is 138 Å². The van der Waals surface area contributed by atoms with E-state index in [9.17, 15) is 4.79 Å². The Kier molecular flexibility index (Phi) is 5.96. The van der Waals surface area contributed by atoms with Crippen molar-refractivity contribution in [2.75, 3.05) is 0 Å². The van der Waals surface area contributed by atoms with Crippen molar-refractivity contribution in [2.24, 2.45) is 0 Å². The van der Waals surface area contributed by atoms with E-state index in [-0.39, 0.29) is 5.24 Å². The van der Waals surface area contributed by atoms with E-state index < -0.39 is 0 Å². The van der Waals surface area contributed by atoms with Gasteiger partial charge in [0.05, 0.1) is 0 Å². The lowest BCUT2D eigenvalue weighted by atomic mass is 10.1. The van der Waals surface area contributed by atoms with Crippen molar-refractivity contribution >= 4 is 17.9 Å². The van der Waals surface area contributed by atoms with Crippen molar-refractivity contribution in [3.8, 4) is 0 Å². The van der Waals surface area contributed by atoms with Gasteiger partial charge in [0.15, 0.2) is 0 Å². The molecule has 1 amide bonds. The number of nitrogens with zero attached hydrogens (tertiary/aromatic N) is 1. The molecule has 0 spiro atoms. The van der Waals surface area contributed by atoms with E-state index in [1.807, 2.05) is 0 Å². The van der Waals surface area contributed by atoms with Crippen LogP contribution in [0.1, 0.15) is 36.1 Å². The maximum Gasteiger partial charge on any atom is 0.313 e. The first-order valence-electron chi connectivity index (χ1n) is 7.74. The van der Waals surface area contributed by atoms with E-state index in [2.05, 4.69) is 62.4 Å². The van der Waals surface area contributed by atoms with Crippen LogP contribution in [0.5, 0.6) is 0 Å². The topological polar surface area (TPSA) is 20.3 Å². The number of carbonyl (C=O) groups is 1. The molecular weight excluding hydrogens is 290 g/mol. The van der Waals surface area contributed by atoms with Gasteiger partial charge in [-0.1, -0.05) is 62.4 Å². The van der Waals surface area contributed by atoms with Crippen LogP contribution >= 0.6 is 12.6 Å². The Morgan fingerprint density at radius 3 is 1.36 bits per heavy atom. The highest BCUT2D eigenvalue weighted by atomic mass is 32.1. The summed E-state index contributed by atoms with van der Waals surface area (Å²) in [7, 11) is 0. The van der Waals surface area contributed by atoms with Crippen molar-refractivity contribution in [1.29, 1.82) is 0 Å². The molecule has 0 saturated carbocycles. The fourth-order valence-electron chi connectivity index (χ4n) is 2.39. The first-order valence-corrected chi connectivity index (χ1v) is 8.14. The molecule has 22 heavy (non-hydrogen) atoms. The standard InChI is InChI=1S/C19H22NOS/c1-3-15-5-9-17(10-6-15)13-20(19(21)22)14-18-11-7-16(4-2)8-12-18/h5-12H,3-4,13-14H2,1-2H3. The van der Waals surface area contributed by atoms with Crippen LogP contribution in [0.3, 0.4) is 0 Å². The summed E-state index contributed by atoms with van der Waals surface area (Å²) >= 11 is 4.88. The molecular formula is C19H22NOS. The highest BCUT2D eigenvalue weighted by Gasteiger charge is 2.12. The predicted octanol–water partition coefficient (Wildman–Crippen LogP) is 5.13. The summed E-state index contributed by atoms with van der Waals surface area (Å²) in [4.78, 5) is 13.4. The van der Waals surface area contributed by atoms with Crippen LogP contribution in [0.15, 0.2) is 48.5 Å². The lowest BCUT2D eigenvalue weighted by molar-refractivity contribution is 0.218. The first kappa shape index (κ1) is 16.5. The van der Waals surface area contributed by atoms with E-state index in [1.165, 1.54) is 11.1 Å². The number of hydrogen-bond donors (Lipinski definition) is 0. The first-order chi connectivity index (χ1) is 10.6. The summed E-state index contributed by atoms with van der Waals surface area (Å²) < 4.78 is 0. The highest BCUT2D eigenvalue weighted by molar-refractivity contribution is 7.96. The minimum atomic E-state index is -0.306. The second-order valence-electron chi connectivity index (χ2n) is 5.46. The minimum absolute atomic E-state index is 0.306. The monoisotopic (exact) mass is 312 g/mol. The molecule has 0 heterocycles. The van der Waals surface area contributed by atoms with Crippen LogP contribution in [-0.2, 0) is 25.9 Å². The molecule has 0 atom stereocenters. The average molecular weight is 312 g/mol. The molecule has 2 aromatic rings. The zero-order valence-electron chi connectivity index (χ0n) is 13.2. The van der Waals surface area contributed by atoms with E-state index in [0.717, 1.165) is 24.0 Å². The van der Waals surface area contributed by atoms with Gasteiger partial charge in [0.25, 0.3) is 0 Å². The SMILES string of the molecule is CCc1ccc(CN(Cc2ccc(CC)cc2)C(=O)[S])cc1. The summed E-state index contributed by atoms with van der Waals surface area (Å²) in [5.41, 5.74) is 4.83. The molecule has 0 bridgehead atoms. The summed E-state index contributed by atoms with van der Waals surface area (Å²) in [6.45, 7) is 5.38. The van der Waals surface area contributed by atoms with Crippen LogP contribution in [-0.4, -0.2) is 10.1 Å². The zero-order chi connectivity index (χ0) is 15.9. The lowest BCUT2D eigenvalue weighted by Gasteiger charge is -2.20. The van der Waals surface area contributed by atoms with Gasteiger partial charge >= 0.3 is 5.24 Å². The molecule has 3 heteroatoms. The summed E-state index contributed by atoms with van der Waals surface area (Å²) in [5, 5.41) is -0.306. The van der Waals surface area contributed by atoms with Gasteiger partial charge in [0, 0.05) is 13.1 Å². The predicted molar refractivity (Wildman–Crippen MR) is 93.9 cm³/mol. The molecule has 2 nitrogen and oxygen atoms in total. The van der Waals surface area contributed by atoms with Crippen molar-refractivity contribution in [3.05, 3.63) is 70.8 Å². The van der Waals surface area contributed by atoms with E-state index in [0.29, 0.717) is 13.1 Å². The zero-order valence-corrected chi connectivity index (χ0v) is 14.0. The van der Waals surface area contributed by atoms with Crippen LogP contribution in [0.4, 0.5) is 4.79 Å². The van der Waals surface area contributed by atoms with Gasteiger partial charge in [-0.3, -0.25) is 4.79 Å². The Balaban J connectivity index is 2.06. The van der Waals surface area contributed by atoms with Gasteiger partial charge in [0.1, 0.15) is 0 Å². The fourth-order valence-corrected chi connectivity index (χ4v) is 2.52. The number of benzene rings is 2. The number of carbonyl (C=O) groups excluding carboxylic acids is 1. The smallest absolute Gasteiger partial charge is 0.313 e. The van der Waals surface area contributed by atoms with Crippen molar-refractivity contribution in [3.63, 3.8) is 0 Å². The lowest BCUT2D eigenvalue weighted by Crippen LogP contribution is -2.25. The van der Waals surface area contributed by atoms with Crippen molar-refractivity contribution < 1.29 is 4.79 Å². The molecule has 1 radical (unpaired) electrons. The molecule has 2 rings (SSSR count). The van der Waals surface area contributed by atoms with Crippen molar-refractivity contribution in [2.45, 2.75) is 39.8 Å². The van der Waals surface area contributed by atoms with E-state index in [4.69, 9.17) is 12.6 Å². The maximum absolute atomic E-state index is 11.7. The second kappa shape index (κ2) is 7.95. The summed E-state index contributed by atoms with van der Waals surface area (Å²) in [6, 6.07) is 16.7.